The summed E-state index contributed by atoms with van der Waals surface area (Å²) in [5.41, 5.74) is 3.23. The molecule has 1 fully saturated rings. The molecule has 1 saturated heterocycles. The number of thioether (sulfide) groups is 1. The summed E-state index contributed by atoms with van der Waals surface area (Å²) >= 11 is 1.52. The lowest BCUT2D eigenvalue weighted by molar-refractivity contribution is 0.0925. The van der Waals surface area contributed by atoms with Crippen LogP contribution in [0.15, 0.2) is 82.5 Å². The van der Waals surface area contributed by atoms with Crippen molar-refractivity contribution in [3.05, 3.63) is 101 Å². The van der Waals surface area contributed by atoms with Crippen LogP contribution in [-0.4, -0.2) is 58.5 Å². The van der Waals surface area contributed by atoms with E-state index >= 15 is 0 Å². The Morgan fingerprint density at radius 2 is 1.82 bits per heavy atom. The van der Waals surface area contributed by atoms with Crippen LogP contribution in [0.3, 0.4) is 0 Å². The minimum absolute atomic E-state index is 0.224. The number of piperazine rings is 1. The van der Waals surface area contributed by atoms with E-state index in [4.69, 9.17) is 9.40 Å². The summed E-state index contributed by atoms with van der Waals surface area (Å²) in [5.74, 6) is 2.31. The van der Waals surface area contributed by atoms with Crippen LogP contribution >= 0.6 is 11.8 Å². The number of aromatic nitrogens is 3. The fourth-order valence-corrected chi connectivity index (χ4v) is 5.17. The van der Waals surface area contributed by atoms with Crippen LogP contribution in [0.2, 0.25) is 0 Å². The molecule has 0 aliphatic carbocycles. The Balaban J connectivity index is 1.11. The van der Waals surface area contributed by atoms with Gasteiger partial charge in [-0.25, -0.2) is 9.97 Å². The third kappa shape index (κ3) is 7.20. The number of nitrogens with zero attached hydrogens (tertiary/aromatic N) is 5. The minimum Gasteiger partial charge on any atom is -0.455 e. The Morgan fingerprint density at radius 3 is 2.61 bits per heavy atom. The lowest BCUT2D eigenvalue weighted by Gasteiger charge is -2.35. The van der Waals surface area contributed by atoms with Crippen molar-refractivity contribution < 1.29 is 9.21 Å². The zero-order valence-electron chi connectivity index (χ0n) is 21.5. The lowest BCUT2D eigenvalue weighted by Crippen LogP contribution is -2.46. The summed E-state index contributed by atoms with van der Waals surface area (Å²) in [5, 5.41) is 3.60. The first-order valence-electron chi connectivity index (χ1n) is 12.9. The maximum atomic E-state index is 12.4. The van der Waals surface area contributed by atoms with Crippen molar-refractivity contribution in [3.63, 3.8) is 0 Å². The molecule has 0 radical (unpaired) electrons. The zero-order chi connectivity index (χ0) is 26.2. The second-order valence-electron chi connectivity index (χ2n) is 9.28. The van der Waals surface area contributed by atoms with Gasteiger partial charge in [0.25, 0.3) is 5.91 Å². The highest BCUT2D eigenvalue weighted by atomic mass is 32.2. The van der Waals surface area contributed by atoms with Gasteiger partial charge >= 0.3 is 0 Å². The number of furan rings is 1. The van der Waals surface area contributed by atoms with Crippen molar-refractivity contribution in [2.75, 3.05) is 37.6 Å². The van der Waals surface area contributed by atoms with Gasteiger partial charge in [0.15, 0.2) is 10.9 Å². The Labute approximate surface area is 227 Å². The number of pyridine rings is 1. The summed E-state index contributed by atoms with van der Waals surface area (Å²) < 4.78 is 5.79. The molecule has 1 aliphatic heterocycles. The van der Waals surface area contributed by atoms with Gasteiger partial charge in [0.1, 0.15) is 11.6 Å². The number of carbonyl (C=O) groups excluding carboxylic acids is 1. The van der Waals surface area contributed by atoms with E-state index in [1.54, 1.807) is 12.3 Å². The highest BCUT2D eigenvalue weighted by molar-refractivity contribution is 7.98. The average Bonchev–Trinajstić information content (AvgIpc) is 3.43. The molecule has 0 unspecified atom stereocenters. The van der Waals surface area contributed by atoms with Gasteiger partial charge in [-0.1, -0.05) is 48.2 Å². The van der Waals surface area contributed by atoms with Gasteiger partial charge in [-0.3, -0.25) is 14.7 Å². The largest absolute Gasteiger partial charge is 0.455 e. The molecule has 0 atom stereocenters. The summed E-state index contributed by atoms with van der Waals surface area (Å²) in [7, 11) is 0. The number of carbonyl (C=O) groups is 1. The monoisotopic (exact) mass is 528 g/mol. The average molecular weight is 529 g/mol. The Hall–Kier alpha value is -3.69. The van der Waals surface area contributed by atoms with Crippen molar-refractivity contribution in [2.45, 2.75) is 30.8 Å². The molecule has 0 bridgehead atoms. The topological polar surface area (TPSA) is 87.4 Å². The molecule has 8 nitrogen and oxygen atoms in total. The minimum atomic E-state index is -0.224. The van der Waals surface area contributed by atoms with Crippen molar-refractivity contribution in [1.29, 1.82) is 0 Å². The van der Waals surface area contributed by atoms with E-state index in [9.17, 15) is 4.79 Å². The molecule has 5 rings (SSSR count). The highest BCUT2D eigenvalue weighted by Gasteiger charge is 2.19. The number of rotatable bonds is 10. The number of anilines is 1. The predicted molar refractivity (Wildman–Crippen MR) is 149 cm³/mol. The van der Waals surface area contributed by atoms with Crippen LogP contribution in [0.5, 0.6) is 0 Å². The van der Waals surface area contributed by atoms with Crippen LogP contribution in [0.4, 0.5) is 5.82 Å². The van der Waals surface area contributed by atoms with E-state index in [0.717, 1.165) is 49.9 Å². The first kappa shape index (κ1) is 25.9. The van der Waals surface area contributed by atoms with Crippen LogP contribution < -0.4 is 10.2 Å². The van der Waals surface area contributed by atoms with E-state index in [2.05, 4.69) is 61.5 Å². The van der Waals surface area contributed by atoms with E-state index in [1.165, 1.54) is 17.3 Å². The van der Waals surface area contributed by atoms with Crippen LogP contribution in [0.25, 0.3) is 0 Å². The number of aryl methyl sites for hydroxylation is 1. The Bertz CT molecular complexity index is 1320. The highest BCUT2D eigenvalue weighted by Crippen LogP contribution is 2.24. The first-order valence-corrected chi connectivity index (χ1v) is 13.9. The SMILES string of the molecule is Cc1cc(N2CCN(Cc3ccccc3)CC2)nc(SCc2ccc(C(=O)NCCc3ccccn3)o2)n1. The van der Waals surface area contributed by atoms with Crippen molar-refractivity contribution in [1.82, 2.24) is 25.2 Å². The van der Waals surface area contributed by atoms with Crippen molar-refractivity contribution in [3.8, 4) is 0 Å². The van der Waals surface area contributed by atoms with Gasteiger partial charge in [0, 0.05) is 69.3 Å². The van der Waals surface area contributed by atoms with Crippen LogP contribution in [0, 0.1) is 6.92 Å². The second-order valence-corrected chi connectivity index (χ2v) is 10.2. The number of hydrogen-bond acceptors (Lipinski definition) is 8. The molecular weight excluding hydrogens is 496 g/mol. The molecule has 1 aliphatic rings. The van der Waals surface area contributed by atoms with Gasteiger partial charge < -0.3 is 14.6 Å². The van der Waals surface area contributed by atoms with E-state index in [0.29, 0.717) is 35.4 Å². The molecule has 1 aromatic carbocycles. The summed E-state index contributed by atoms with van der Waals surface area (Å²) in [4.78, 5) is 31.0. The number of hydrogen-bond donors (Lipinski definition) is 1. The smallest absolute Gasteiger partial charge is 0.287 e. The lowest BCUT2D eigenvalue weighted by atomic mass is 10.2. The molecule has 38 heavy (non-hydrogen) atoms. The molecule has 4 aromatic rings. The van der Waals surface area contributed by atoms with Crippen LogP contribution in [0.1, 0.15) is 33.3 Å². The van der Waals surface area contributed by atoms with Gasteiger partial charge in [0.2, 0.25) is 0 Å². The summed E-state index contributed by atoms with van der Waals surface area (Å²) in [6.45, 7) is 7.35. The fourth-order valence-electron chi connectivity index (χ4n) is 4.38. The second kappa shape index (κ2) is 12.7. The Kier molecular flexibility index (Phi) is 8.67. The molecule has 196 valence electrons. The maximum Gasteiger partial charge on any atom is 0.287 e. The van der Waals surface area contributed by atoms with Gasteiger partial charge in [-0.05, 0) is 36.8 Å². The number of amides is 1. The third-order valence-electron chi connectivity index (χ3n) is 6.39. The summed E-state index contributed by atoms with van der Waals surface area (Å²) in [6, 6.07) is 22.0. The van der Waals surface area contributed by atoms with Crippen molar-refractivity contribution >= 4 is 23.5 Å². The molecule has 1 N–H and O–H groups in total. The molecule has 4 heterocycles. The van der Waals surface area contributed by atoms with Gasteiger partial charge in [-0.2, -0.15) is 0 Å². The molecule has 3 aromatic heterocycles. The van der Waals surface area contributed by atoms with Gasteiger partial charge in [-0.15, -0.1) is 0 Å². The molecular formula is C29H32N6O2S. The first-order chi connectivity index (χ1) is 18.6. The number of benzene rings is 1. The number of nitrogens with one attached hydrogen (secondary N) is 1. The van der Waals surface area contributed by atoms with E-state index < -0.39 is 0 Å². The quantitative estimate of drug-likeness (QED) is 0.240. The van der Waals surface area contributed by atoms with E-state index in [-0.39, 0.29) is 5.91 Å². The van der Waals surface area contributed by atoms with Gasteiger partial charge in [0.05, 0.1) is 5.75 Å². The fraction of sp³-hybridized carbons (Fsp3) is 0.310. The standard InChI is InChI=1S/C29H32N6O2S/c1-22-19-27(35-17-15-34(16-18-35)20-23-7-3-2-4-8-23)33-29(32-22)38-21-25-10-11-26(37-25)28(36)31-14-12-24-9-5-6-13-30-24/h2-11,13,19H,12,14-18,20-21H2,1H3,(H,31,36). The molecule has 9 heteroatoms. The molecule has 1 amide bonds. The third-order valence-corrected chi connectivity index (χ3v) is 7.26. The summed E-state index contributed by atoms with van der Waals surface area (Å²) in [6.07, 6.45) is 2.42. The Morgan fingerprint density at radius 1 is 1.00 bits per heavy atom. The van der Waals surface area contributed by atoms with E-state index in [1.807, 2.05) is 31.2 Å². The molecule has 0 saturated carbocycles. The maximum absolute atomic E-state index is 12.4. The normalized spacial score (nSPS) is 14.0. The zero-order valence-corrected chi connectivity index (χ0v) is 22.4. The molecule has 0 spiro atoms. The van der Waals surface area contributed by atoms with Crippen molar-refractivity contribution in [2.24, 2.45) is 0 Å². The predicted octanol–water partition coefficient (Wildman–Crippen LogP) is 4.36. The van der Waals surface area contributed by atoms with Crippen LogP contribution in [-0.2, 0) is 18.7 Å².